The molecule has 0 radical (unpaired) electrons. The van der Waals surface area contributed by atoms with Crippen LogP contribution in [0.15, 0.2) is 42.6 Å². The van der Waals surface area contributed by atoms with Gasteiger partial charge in [-0.05, 0) is 56.1 Å². The molecule has 0 saturated carbocycles. The first kappa shape index (κ1) is 14.3. The van der Waals surface area contributed by atoms with Crippen molar-refractivity contribution < 1.29 is 4.39 Å². The van der Waals surface area contributed by atoms with Crippen LogP contribution >= 0.6 is 0 Å². The molecule has 0 aliphatic carbocycles. The third-order valence-electron chi connectivity index (χ3n) is 4.49. The van der Waals surface area contributed by atoms with Crippen LogP contribution in [0.5, 0.6) is 0 Å². The van der Waals surface area contributed by atoms with Crippen molar-refractivity contribution in [2.45, 2.75) is 19.4 Å². The van der Waals surface area contributed by atoms with Crippen molar-refractivity contribution in [1.29, 1.82) is 0 Å². The molecule has 2 aromatic heterocycles. The van der Waals surface area contributed by atoms with E-state index in [-0.39, 0.29) is 5.82 Å². The maximum atomic E-state index is 13.6. The number of piperidine rings is 1. The molecule has 5 heteroatoms. The third kappa shape index (κ3) is 2.84. The molecule has 1 aliphatic heterocycles. The van der Waals surface area contributed by atoms with Crippen molar-refractivity contribution in [3.05, 3.63) is 48.4 Å². The molecule has 0 atom stereocenters. The van der Waals surface area contributed by atoms with Crippen molar-refractivity contribution in [2.24, 2.45) is 5.92 Å². The molecule has 0 unspecified atom stereocenters. The third-order valence-corrected chi connectivity index (χ3v) is 4.49. The Morgan fingerprint density at radius 2 is 2.04 bits per heavy atom. The Morgan fingerprint density at radius 3 is 2.87 bits per heavy atom. The van der Waals surface area contributed by atoms with Gasteiger partial charge in [-0.3, -0.25) is 0 Å². The number of nitrogens with zero attached hydrogens (tertiary/aromatic N) is 3. The predicted octanol–water partition coefficient (Wildman–Crippen LogP) is 3.24. The second kappa shape index (κ2) is 6.08. The highest BCUT2D eigenvalue weighted by molar-refractivity contribution is 5.77. The summed E-state index contributed by atoms with van der Waals surface area (Å²) >= 11 is 0. The van der Waals surface area contributed by atoms with E-state index in [9.17, 15) is 4.39 Å². The van der Waals surface area contributed by atoms with Gasteiger partial charge in [0.25, 0.3) is 0 Å². The first-order valence-electron chi connectivity index (χ1n) is 8.09. The average Bonchev–Trinajstić information content (AvgIpc) is 2.95. The summed E-state index contributed by atoms with van der Waals surface area (Å²) in [5.41, 5.74) is 2.54. The lowest BCUT2D eigenvalue weighted by molar-refractivity contribution is 0.337. The number of aromatic nitrogens is 3. The van der Waals surface area contributed by atoms with E-state index in [1.54, 1.807) is 18.3 Å². The molecule has 3 aromatic rings. The summed E-state index contributed by atoms with van der Waals surface area (Å²) in [7, 11) is 0. The van der Waals surface area contributed by atoms with Crippen LogP contribution in [-0.2, 0) is 6.54 Å². The van der Waals surface area contributed by atoms with Gasteiger partial charge in [0.15, 0.2) is 5.65 Å². The largest absolute Gasteiger partial charge is 0.317 e. The first-order chi connectivity index (χ1) is 11.3. The average molecular weight is 310 g/mol. The number of fused-ring (bicyclic) bond motifs is 1. The van der Waals surface area contributed by atoms with E-state index in [0.717, 1.165) is 55.0 Å². The van der Waals surface area contributed by atoms with Crippen LogP contribution in [0.3, 0.4) is 0 Å². The molecule has 1 saturated heterocycles. The van der Waals surface area contributed by atoms with Gasteiger partial charge in [0.2, 0.25) is 0 Å². The SMILES string of the molecule is Fc1cccc(-c2nc3cccnc3n2CC2CCNCC2)c1. The summed E-state index contributed by atoms with van der Waals surface area (Å²) in [4.78, 5) is 9.21. The summed E-state index contributed by atoms with van der Waals surface area (Å²) < 4.78 is 15.8. The summed E-state index contributed by atoms with van der Waals surface area (Å²) in [6.45, 7) is 2.99. The molecule has 118 valence electrons. The molecule has 0 spiro atoms. The first-order valence-corrected chi connectivity index (χ1v) is 8.09. The minimum atomic E-state index is -0.240. The Balaban J connectivity index is 1.80. The number of imidazole rings is 1. The van der Waals surface area contributed by atoms with E-state index in [1.807, 2.05) is 18.2 Å². The number of pyridine rings is 1. The van der Waals surface area contributed by atoms with E-state index in [0.29, 0.717) is 5.92 Å². The van der Waals surface area contributed by atoms with Gasteiger partial charge in [0.05, 0.1) is 0 Å². The van der Waals surface area contributed by atoms with Crippen molar-refractivity contribution in [2.75, 3.05) is 13.1 Å². The van der Waals surface area contributed by atoms with Crippen LogP contribution in [0.4, 0.5) is 4.39 Å². The number of hydrogen-bond acceptors (Lipinski definition) is 3. The minimum absolute atomic E-state index is 0.240. The van der Waals surface area contributed by atoms with Crippen LogP contribution in [0.2, 0.25) is 0 Å². The molecule has 4 nitrogen and oxygen atoms in total. The van der Waals surface area contributed by atoms with E-state index in [2.05, 4.69) is 14.9 Å². The lowest BCUT2D eigenvalue weighted by Gasteiger charge is -2.23. The van der Waals surface area contributed by atoms with Gasteiger partial charge >= 0.3 is 0 Å². The Bertz CT molecular complexity index is 821. The van der Waals surface area contributed by atoms with Crippen LogP contribution in [0, 0.1) is 11.7 Å². The highest BCUT2D eigenvalue weighted by Gasteiger charge is 2.19. The maximum absolute atomic E-state index is 13.6. The molecule has 1 N–H and O–H groups in total. The van der Waals surface area contributed by atoms with E-state index >= 15 is 0 Å². The summed E-state index contributed by atoms with van der Waals surface area (Å²) in [6, 6.07) is 10.5. The molecule has 0 amide bonds. The van der Waals surface area contributed by atoms with Crippen LogP contribution in [-0.4, -0.2) is 27.6 Å². The lowest BCUT2D eigenvalue weighted by Crippen LogP contribution is -2.30. The summed E-state index contributed by atoms with van der Waals surface area (Å²) in [5.74, 6) is 1.16. The lowest BCUT2D eigenvalue weighted by atomic mass is 9.98. The quantitative estimate of drug-likeness (QED) is 0.807. The standard InChI is InChI=1S/C18H19FN4/c19-15-4-1-3-14(11-15)17-22-16-5-2-8-21-18(16)23(17)12-13-6-9-20-10-7-13/h1-5,8,11,13,20H,6-7,9-10,12H2. The number of rotatable bonds is 3. The van der Waals surface area contributed by atoms with Crippen molar-refractivity contribution in [1.82, 2.24) is 19.9 Å². The molecule has 3 heterocycles. The van der Waals surface area contributed by atoms with Gasteiger partial charge < -0.3 is 9.88 Å². The molecule has 0 bridgehead atoms. The number of hydrogen-bond donors (Lipinski definition) is 1. The summed E-state index contributed by atoms with van der Waals surface area (Å²) in [5, 5.41) is 3.40. The number of benzene rings is 1. The fraction of sp³-hybridized carbons (Fsp3) is 0.333. The van der Waals surface area contributed by atoms with Gasteiger partial charge in [0.1, 0.15) is 17.2 Å². The van der Waals surface area contributed by atoms with Gasteiger partial charge in [0, 0.05) is 18.3 Å². The van der Waals surface area contributed by atoms with Crippen LogP contribution < -0.4 is 5.32 Å². The zero-order chi connectivity index (χ0) is 15.6. The number of halogens is 1. The second-order valence-electron chi connectivity index (χ2n) is 6.10. The zero-order valence-corrected chi connectivity index (χ0v) is 12.9. The Kier molecular flexibility index (Phi) is 3.79. The van der Waals surface area contributed by atoms with Gasteiger partial charge in [-0.25, -0.2) is 14.4 Å². The Morgan fingerprint density at radius 1 is 1.17 bits per heavy atom. The topological polar surface area (TPSA) is 42.7 Å². The normalized spacial score (nSPS) is 16.0. The van der Waals surface area contributed by atoms with E-state index < -0.39 is 0 Å². The molecular weight excluding hydrogens is 291 g/mol. The van der Waals surface area contributed by atoms with Crippen molar-refractivity contribution >= 4 is 11.2 Å². The molecule has 4 rings (SSSR count). The highest BCUT2D eigenvalue weighted by Crippen LogP contribution is 2.27. The van der Waals surface area contributed by atoms with Crippen LogP contribution in [0.1, 0.15) is 12.8 Å². The van der Waals surface area contributed by atoms with Gasteiger partial charge in [-0.1, -0.05) is 12.1 Å². The summed E-state index contributed by atoms with van der Waals surface area (Å²) in [6.07, 6.45) is 4.09. The fourth-order valence-electron chi connectivity index (χ4n) is 3.30. The van der Waals surface area contributed by atoms with Crippen molar-refractivity contribution in [3.8, 4) is 11.4 Å². The minimum Gasteiger partial charge on any atom is -0.317 e. The second-order valence-corrected chi connectivity index (χ2v) is 6.10. The monoisotopic (exact) mass is 310 g/mol. The van der Waals surface area contributed by atoms with Gasteiger partial charge in [-0.15, -0.1) is 0 Å². The molecule has 1 aromatic carbocycles. The molecule has 23 heavy (non-hydrogen) atoms. The van der Waals surface area contributed by atoms with Gasteiger partial charge in [-0.2, -0.15) is 0 Å². The van der Waals surface area contributed by atoms with E-state index in [4.69, 9.17) is 4.98 Å². The zero-order valence-electron chi connectivity index (χ0n) is 12.9. The smallest absolute Gasteiger partial charge is 0.160 e. The highest BCUT2D eigenvalue weighted by atomic mass is 19.1. The fourth-order valence-corrected chi connectivity index (χ4v) is 3.30. The number of nitrogens with one attached hydrogen (secondary N) is 1. The Hall–Kier alpha value is -2.27. The molecular formula is C18H19FN4. The van der Waals surface area contributed by atoms with E-state index in [1.165, 1.54) is 6.07 Å². The maximum Gasteiger partial charge on any atom is 0.160 e. The predicted molar refractivity (Wildman–Crippen MR) is 88.5 cm³/mol. The molecule has 1 fully saturated rings. The van der Waals surface area contributed by atoms with Crippen LogP contribution in [0.25, 0.3) is 22.6 Å². The molecule has 1 aliphatic rings. The Labute approximate surface area is 134 Å². The van der Waals surface area contributed by atoms with Crippen molar-refractivity contribution in [3.63, 3.8) is 0 Å².